The largest absolute Gasteiger partial charge is 0.480 e. The Kier molecular flexibility index (Phi) is 28.7. The van der Waals surface area contributed by atoms with Crippen LogP contribution in [0.4, 0.5) is 0 Å². The second-order valence-corrected chi connectivity index (χ2v) is 16.2. The van der Waals surface area contributed by atoms with Crippen LogP contribution >= 0.6 is 0 Å². The summed E-state index contributed by atoms with van der Waals surface area (Å²) >= 11 is 0. The van der Waals surface area contributed by atoms with Crippen LogP contribution < -0.4 is 86.9 Å². The molecule has 0 heterocycles. The number of rotatable bonds is 33. The maximum Gasteiger partial charge on any atom is 0.338 e. The Hall–Kier alpha value is -6.88. The van der Waals surface area contributed by atoms with E-state index in [0.717, 1.165) is 6.92 Å². The van der Waals surface area contributed by atoms with Gasteiger partial charge in [0, 0.05) is 19.9 Å². The van der Waals surface area contributed by atoms with Gasteiger partial charge in [0.05, 0.1) is 25.3 Å². The third-order valence-electron chi connectivity index (χ3n) is 9.81. The smallest absolute Gasteiger partial charge is 0.338 e. The molecular weight excluding hydrogens is 901 g/mol. The number of hydrogen-bond donors (Lipinski definition) is 19. The van der Waals surface area contributed by atoms with Gasteiger partial charge < -0.3 is 69.3 Å². The number of hydrogen-bond acceptors (Lipinski definition) is 12. The van der Waals surface area contributed by atoms with Gasteiger partial charge in [0.15, 0.2) is 6.04 Å². The first kappa shape index (κ1) is 61.1. The van der Waals surface area contributed by atoms with Crippen LogP contribution in [0.25, 0.3) is 0 Å². The van der Waals surface area contributed by atoms with Gasteiger partial charge >= 0.3 is 17.9 Å². The highest BCUT2D eigenvalue weighted by Gasteiger charge is 2.36. The molecule has 0 fully saturated rings. The summed E-state index contributed by atoms with van der Waals surface area (Å²) in [6.45, 7) is 6.91. The maximum atomic E-state index is 14.0. The highest BCUT2D eigenvalue weighted by atomic mass is 16.4. The third kappa shape index (κ3) is 25.7. The van der Waals surface area contributed by atoms with E-state index in [9.17, 15) is 63.3 Å². The summed E-state index contributed by atoms with van der Waals surface area (Å²) in [5.41, 5.74) is 30.5. The van der Waals surface area contributed by atoms with Gasteiger partial charge in [-0.2, -0.15) is 0 Å². The summed E-state index contributed by atoms with van der Waals surface area (Å²) in [5, 5.41) is 50.0. The predicted octanol–water partition coefficient (Wildman–Crippen LogP) is -12.3. The topological polar surface area (TPSA) is 513 Å². The molecule has 0 aromatic heterocycles. The second-order valence-electron chi connectivity index (χ2n) is 16.2. The molecule has 0 aliphatic rings. The molecule has 0 unspecified atom stereocenters. The van der Waals surface area contributed by atoms with Crippen molar-refractivity contribution < 1.29 is 79.0 Å². The lowest BCUT2D eigenvalue weighted by atomic mass is 10.0. The SMILES string of the molecule is CC(=O)NCCCC[C@H](NC(=O)[C@@H](NC(=O)[C@H](CCC[NH+]=C(N)N)NC(=O)[C@H](C)[NH3+])[C@@H](C)O)C(=O)N[C@@H](CCC(N)=O)C(=O)N[C@H](C(=O)N[C@@H](C)C(=O)N[C@@H](CCC[NH+]=C(N)N)C(=O)O)[C@@H](C)O. The standard InChI is InChI=1S/C39H72N16O13/c1-18(40)30(60)50-24(11-8-16-47-38(42)43)33(63)55-29(21(4)57)36(66)52-23(10-6-7-15-46-22(5)58)32(62)51-25(13-14-27(41)59)34(64)54-28(20(3)56)35(65)49-19(2)31(61)53-26(37(67)68)12-9-17-48-39(44)45/h18-21,23-26,28-29,56-57H,6-17,40H2,1-5H3,(H2,41,59)(H,46,58)(H,49,65)(H,50,60)(H,51,62)(H,52,66)(H,53,61)(H,54,64)(H,55,63)(H,67,68)(H4,42,43,47)(H4,44,45,48)/p+3/t18-,19-,20+,21+,23-,24-,25-,26-,28-,29-/m0/s1. The molecule has 386 valence electrons. The molecule has 29 heteroatoms. The van der Waals surface area contributed by atoms with Crippen molar-refractivity contribution in [3.05, 3.63) is 0 Å². The molecule has 0 spiro atoms. The summed E-state index contributed by atoms with van der Waals surface area (Å²) < 4.78 is 0. The lowest BCUT2D eigenvalue weighted by Crippen LogP contribution is -2.78. The van der Waals surface area contributed by atoms with Gasteiger partial charge in [-0.3, -0.25) is 76.1 Å². The molecule has 68 heavy (non-hydrogen) atoms. The zero-order chi connectivity index (χ0) is 52.3. The van der Waals surface area contributed by atoms with E-state index in [-0.39, 0.29) is 76.0 Å². The number of guanidine groups is 2. The number of amides is 9. The van der Waals surface area contributed by atoms with E-state index in [0.29, 0.717) is 6.42 Å². The number of carboxylic acid groups (broad SMARTS) is 1. The fourth-order valence-electron chi connectivity index (χ4n) is 6.00. The monoisotopic (exact) mass is 976 g/mol. The van der Waals surface area contributed by atoms with Crippen LogP contribution in [0.15, 0.2) is 0 Å². The number of aliphatic carboxylic acids is 1. The maximum absolute atomic E-state index is 14.0. The van der Waals surface area contributed by atoms with Crippen LogP contribution in [0, 0.1) is 0 Å². The summed E-state index contributed by atoms with van der Waals surface area (Å²) in [6.07, 6.45) is -3.34. The second kappa shape index (κ2) is 31.9. The lowest BCUT2D eigenvalue weighted by Gasteiger charge is -2.28. The van der Waals surface area contributed by atoms with E-state index < -0.39 is 127 Å². The van der Waals surface area contributed by atoms with Crippen molar-refractivity contribution in [3.63, 3.8) is 0 Å². The molecule has 0 saturated carbocycles. The fraction of sp³-hybridized carbons (Fsp3) is 0.692. The molecule has 0 aromatic rings. The van der Waals surface area contributed by atoms with Crippen LogP contribution in [0.3, 0.4) is 0 Å². The van der Waals surface area contributed by atoms with Gasteiger partial charge in [0.2, 0.25) is 47.3 Å². The number of carbonyl (C=O) groups excluding carboxylic acids is 9. The van der Waals surface area contributed by atoms with Gasteiger partial charge in [-0.25, -0.2) is 4.79 Å². The Balaban J connectivity index is 6.47. The molecular formula is C39H75N16O13+3. The first-order chi connectivity index (χ1) is 31.7. The number of aliphatic hydroxyl groups is 2. The summed E-state index contributed by atoms with van der Waals surface area (Å²) in [4.78, 5) is 134. The molecule has 0 aromatic carbocycles. The first-order valence-corrected chi connectivity index (χ1v) is 22.0. The molecule has 0 aliphatic heterocycles. The number of primary amides is 1. The summed E-state index contributed by atoms with van der Waals surface area (Å²) in [7, 11) is 0. The average molecular weight is 976 g/mol. The number of unbranched alkanes of at least 4 members (excludes halogenated alkanes) is 1. The van der Waals surface area contributed by atoms with Gasteiger partial charge in [0.1, 0.15) is 42.3 Å². The Bertz CT molecular complexity index is 1790. The molecule has 9 amide bonds. The lowest BCUT2D eigenvalue weighted by molar-refractivity contribution is -0.460. The minimum atomic E-state index is -1.79. The Morgan fingerprint density at radius 3 is 1.34 bits per heavy atom. The quantitative estimate of drug-likeness (QED) is 0.0165. The highest BCUT2D eigenvalue weighted by Crippen LogP contribution is 2.08. The summed E-state index contributed by atoms with van der Waals surface area (Å²) in [5.74, 6) is -9.46. The molecule has 0 rings (SSSR count). The van der Waals surface area contributed by atoms with Gasteiger partial charge in [-0.05, 0) is 79.1 Å². The van der Waals surface area contributed by atoms with Crippen LogP contribution in [-0.2, 0) is 47.9 Å². The van der Waals surface area contributed by atoms with Crippen molar-refractivity contribution in [2.24, 2.45) is 28.7 Å². The number of aliphatic hydroxyl groups excluding tert-OH is 2. The Labute approximate surface area is 393 Å². The molecule has 0 bridgehead atoms. The van der Waals surface area contributed by atoms with Crippen LogP contribution in [-0.4, -0.2) is 167 Å². The molecule has 0 saturated heterocycles. The van der Waals surface area contributed by atoms with Crippen LogP contribution in [0.1, 0.15) is 92.4 Å². The molecule has 10 atom stereocenters. The zero-order valence-corrected chi connectivity index (χ0v) is 39.3. The molecule has 26 N–H and O–H groups in total. The van der Waals surface area contributed by atoms with E-state index in [2.05, 4.69) is 58.3 Å². The third-order valence-corrected chi connectivity index (χ3v) is 9.81. The number of carboxylic acids is 1. The average Bonchev–Trinajstić information content (AvgIpc) is 3.23. The van der Waals surface area contributed by atoms with Crippen molar-refractivity contribution in [1.29, 1.82) is 0 Å². The van der Waals surface area contributed by atoms with E-state index in [1.807, 2.05) is 0 Å². The number of nitrogens with two attached hydrogens (primary N) is 5. The van der Waals surface area contributed by atoms with E-state index >= 15 is 0 Å². The van der Waals surface area contributed by atoms with Crippen molar-refractivity contribution in [3.8, 4) is 0 Å². The van der Waals surface area contributed by atoms with Crippen molar-refractivity contribution in [2.45, 2.75) is 153 Å². The molecule has 0 aliphatic carbocycles. The van der Waals surface area contributed by atoms with Gasteiger partial charge in [-0.15, -0.1) is 0 Å². The van der Waals surface area contributed by atoms with Crippen LogP contribution in [0.2, 0.25) is 0 Å². The van der Waals surface area contributed by atoms with E-state index in [1.54, 1.807) is 0 Å². The number of quaternary nitrogens is 1. The normalized spacial score (nSPS) is 15.2. The van der Waals surface area contributed by atoms with Gasteiger partial charge in [0.25, 0.3) is 5.91 Å². The zero-order valence-electron chi connectivity index (χ0n) is 39.3. The van der Waals surface area contributed by atoms with Crippen molar-refractivity contribution in [1.82, 2.24) is 42.5 Å². The van der Waals surface area contributed by atoms with Crippen molar-refractivity contribution in [2.75, 3.05) is 19.6 Å². The molecule has 0 radical (unpaired) electrons. The molecule has 29 nitrogen and oxygen atoms in total. The van der Waals surface area contributed by atoms with Gasteiger partial charge in [-0.1, -0.05) is 0 Å². The number of carbonyl (C=O) groups is 10. The Morgan fingerprint density at radius 1 is 0.515 bits per heavy atom. The Morgan fingerprint density at radius 2 is 0.912 bits per heavy atom. The van der Waals surface area contributed by atoms with E-state index in [4.69, 9.17) is 28.7 Å². The number of nitrogens with one attached hydrogen (secondary N) is 10. The predicted molar refractivity (Wildman–Crippen MR) is 240 cm³/mol. The van der Waals surface area contributed by atoms with E-state index in [1.165, 1.54) is 27.7 Å². The minimum Gasteiger partial charge on any atom is -0.480 e. The minimum absolute atomic E-state index is 0.0243. The van der Waals surface area contributed by atoms with Crippen molar-refractivity contribution >= 4 is 71.1 Å². The first-order valence-electron chi connectivity index (χ1n) is 22.0. The fourth-order valence-corrected chi connectivity index (χ4v) is 6.00. The summed E-state index contributed by atoms with van der Waals surface area (Å²) in [6, 6.07) is -11.4. The highest BCUT2D eigenvalue weighted by molar-refractivity contribution is 5.98. The van der Waals surface area contributed by atoms with Crippen LogP contribution in [0.5, 0.6) is 0 Å².